The van der Waals surface area contributed by atoms with Crippen LogP contribution in [0.15, 0.2) is 58.8 Å². The topological polar surface area (TPSA) is 60.2 Å². The average Bonchev–Trinajstić information content (AvgIpc) is 2.89. The Bertz CT molecular complexity index is 947. The van der Waals surface area contributed by atoms with Crippen LogP contribution >= 0.6 is 11.3 Å². The maximum Gasteiger partial charge on any atom is 0.238 e. The Kier molecular flexibility index (Phi) is 4.01. The summed E-state index contributed by atoms with van der Waals surface area (Å²) in [4.78, 5) is -0.0136. The van der Waals surface area contributed by atoms with Gasteiger partial charge in [0.15, 0.2) is 5.13 Å². The van der Waals surface area contributed by atoms with E-state index in [1.807, 2.05) is 0 Å². The van der Waals surface area contributed by atoms with Crippen LogP contribution in [0.3, 0.4) is 0 Å². The number of thiophene rings is 1. The molecule has 0 saturated heterocycles. The van der Waals surface area contributed by atoms with Crippen molar-refractivity contribution in [3.8, 4) is 22.3 Å². The smallest absolute Gasteiger partial charge is 0.225 e. The normalized spacial score (nSPS) is 11.6. The zero-order chi connectivity index (χ0) is 16.6. The molecule has 0 aliphatic heterocycles. The van der Waals surface area contributed by atoms with Crippen molar-refractivity contribution in [1.29, 1.82) is 0 Å². The van der Waals surface area contributed by atoms with E-state index in [0.29, 0.717) is 22.3 Å². The molecule has 0 unspecified atom stereocenters. The SMILES string of the molecule is NS(=O)(=O)c1ccc(-c2csc(F)c2-c2ccc(F)cc2)cc1. The quantitative estimate of drug-likeness (QED) is 0.775. The molecule has 0 bridgehead atoms. The molecule has 0 spiro atoms. The molecule has 1 aromatic heterocycles. The molecule has 23 heavy (non-hydrogen) atoms. The maximum atomic E-state index is 14.2. The number of sulfonamides is 1. The van der Waals surface area contributed by atoms with Crippen LogP contribution in [0.25, 0.3) is 22.3 Å². The molecule has 1 heterocycles. The summed E-state index contributed by atoms with van der Waals surface area (Å²) in [5, 5.41) is 6.32. The molecule has 2 aromatic carbocycles. The Labute approximate surface area is 136 Å². The highest BCUT2D eigenvalue weighted by molar-refractivity contribution is 7.89. The van der Waals surface area contributed by atoms with Gasteiger partial charge in [-0.2, -0.15) is 4.39 Å². The summed E-state index contributed by atoms with van der Waals surface area (Å²) in [6.07, 6.45) is 0. The molecule has 0 amide bonds. The molecule has 118 valence electrons. The summed E-state index contributed by atoms with van der Waals surface area (Å²) in [5.74, 6) is -0.400. The molecule has 0 fully saturated rings. The third-order valence-corrected chi connectivity index (χ3v) is 5.07. The van der Waals surface area contributed by atoms with Gasteiger partial charge in [0.25, 0.3) is 0 Å². The van der Waals surface area contributed by atoms with Crippen molar-refractivity contribution in [1.82, 2.24) is 0 Å². The van der Waals surface area contributed by atoms with E-state index >= 15 is 0 Å². The van der Waals surface area contributed by atoms with Crippen LogP contribution in [0.2, 0.25) is 0 Å². The van der Waals surface area contributed by atoms with Crippen LogP contribution in [0.1, 0.15) is 0 Å². The number of hydrogen-bond donors (Lipinski definition) is 1. The van der Waals surface area contributed by atoms with E-state index < -0.39 is 15.8 Å². The van der Waals surface area contributed by atoms with Crippen molar-refractivity contribution in [3.05, 3.63) is 64.9 Å². The van der Waals surface area contributed by atoms with Gasteiger partial charge < -0.3 is 0 Å². The van der Waals surface area contributed by atoms with Gasteiger partial charge in [-0.25, -0.2) is 17.9 Å². The van der Waals surface area contributed by atoms with Crippen LogP contribution in [0, 0.1) is 10.9 Å². The predicted molar refractivity (Wildman–Crippen MR) is 86.5 cm³/mol. The van der Waals surface area contributed by atoms with Crippen LogP contribution in [0.5, 0.6) is 0 Å². The molecule has 0 atom stereocenters. The molecule has 0 aliphatic carbocycles. The van der Waals surface area contributed by atoms with Gasteiger partial charge in [0.2, 0.25) is 10.0 Å². The van der Waals surface area contributed by atoms with Crippen molar-refractivity contribution < 1.29 is 17.2 Å². The van der Waals surface area contributed by atoms with Crippen molar-refractivity contribution in [2.24, 2.45) is 5.14 Å². The van der Waals surface area contributed by atoms with Crippen LogP contribution in [0.4, 0.5) is 8.78 Å². The third kappa shape index (κ3) is 3.17. The van der Waals surface area contributed by atoms with Crippen molar-refractivity contribution in [2.75, 3.05) is 0 Å². The Balaban J connectivity index is 2.10. The van der Waals surface area contributed by atoms with Crippen LogP contribution < -0.4 is 5.14 Å². The Morgan fingerprint density at radius 3 is 2.00 bits per heavy atom. The first-order chi connectivity index (χ1) is 10.9. The van der Waals surface area contributed by atoms with E-state index in [9.17, 15) is 17.2 Å². The lowest BCUT2D eigenvalue weighted by atomic mass is 9.99. The monoisotopic (exact) mass is 351 g/mol. The highest BCUT2D eigenvalue weighted by atomic mass is 32.2. The van der Waals surface area contributed by atoms with E-state index in [2.05, 4.69) is 0 Å². The first-order valence-electron chi connectivity index (χ1n) is 6.52. The Morgan fingerprint density at radius 1 is 0.870 bits per heavy atom. The van der Waals surface area contributed by atoms with E-state index in [0.717, 1.165) is 11.3 Å². The van der Waals surface area contributed by atoms with Crippen molar-refractivity contribution in [2.45, 2.75) is 4.90 Å². The zero-order valence-electron chi connectivity index (χ0n) is 11.7. The van der Waals surface area contributed by atoms with Crippen molar-refractivity contribution in [3.63, 3.8) is 0 Å². The largest absolute Gasteiger partial charge is 0.238 e. The fraction of sp³-hybridized carbons (Fsp3) is 0. The number of benzene rings is 2. The zero-order valence-corrected chi connectivity index (χ0v) is 13.3. The fourth-order valence-corrected chi connectivity index (χ4v) is 3.59. The lowest BCUT2D eigenvalue weighted by Crippen LogP contribution is -2.11. The molecular weight excluding hydrogens is 340 g/mol. The molecule has 2 N–H and O–H groups in total. The Morgan fingerprint density at radius 2 is 1.43 bits per heavy atom. The molecule has 0 radical (unpaired) electrons. The minimum absolute atomic E-state index is 0.0136. The third-order valence-electron chi connectivity index (χ3n) is 3.37. The van der Waals surface area contributed by atoms with Gasteiger partial charge in [-0.1, -0.05) is 24.3 Å². The second kappa shape index (κ2) is 5.84. The van der Waals surface area contributed by atoms with E-state index in [-0.39, 0.29) is 10.0 Å². The first-order valence-corrected chi connectivity index (χ1v) is 8.95. The predicted octanol–water partition coefficient (Wildman–Crippen LogP) is 4.01. The summed E-state index contributed by atoms with van der Waals surface area (Å²) in [7, 11) is -3.78. The molecule has 3 aromatic rings. The number of hydrogen-bond acceptors (Lipinski definition) is 3. The second-order valence-electron chi connectivity index (χ2n) is 4.87. The summed E-state index contributed by atoms with van der Waals surface area (Å²) in [6, 6.07) is 11.4. The molecule has 3 nitrogen and oxygen atoms in total. The van der Waals surface area contributed by atoms with Gasteiger partial charge in [0, 0.05) is 16.5 Å². The first kappa shape index (κ1) is 15.8. The average molecular weight is 351 g/mol. The second-order valence-corrected chi connectivity index (χ2v) is 7.27. The molecule has 7 heteroatoms. The lowest BCUT2D eigenvalue weighted by molar-refractivity contribution is 0.598. The van der Waals surface area contributed by atoms with Crippen LogP contribution in [-0.4, -0.2) is 8.42 Å². The fourth-order valence-electron chi connectivity index (χ4n) is 2.26. The number of halogens is 2. The highest BCUT2D eigenvalue weighted by Crippen LogP contribution is 2.38. The standard InChI is InChI=1S/C16H11F2NO2S2/c17-12-5-1-11(2-6-12)15-14(9-22-16(15)18)10-3-7-13(8-4-10)23(19,20)21/h1-9H,(H2,19,20,21). The van der Waals surface area contributed by atoms with E-state index in [1.54, 1.807) is 17.5 Å². The molecule has 0 saturated carbocycles. The van der Waals surface area contributed by atoms with E-state index in [4.69, 9.17) is 5.14 Å². The van der Waals surface area contributed by atoms with Gasteiger partial charge in [-0.05, 0) is 35.4 Å². The molecule has 3 rings (SSSR count). The summed E-state index contributed by atoms with van der Waals surface area (Å²) >= 11 is 0.931. The number of rotatable bonds is 3. The minimum atomic E-state index is -3.78. The van der Waals surface area contributed by atoms with E-state index in [1.165, 1.54) is 36.4 Å². The van der Waals surface area contributed by atoms with Gasteiger partial charge in [-0.15, -0.1) is 11.3 Å². The van der Waals surface area contributed by atoms with Gasteiger partial charge in [-0.3, -0.25) is 0 Å². The highest BCUT2D eigenvalue weighted by Gasteiger charge is 2.16. The maximum absolute atomic E-state index is 14.2. The molecular formula is C16H11F2NO2S2. The molecule has 0 aliphatic rings. The van der Waals surface area contributed by atoms with Gasteiger partial charge in [0.1, 0.15) is 5.82 Å². The number of nitrogens with two attached hydrogens (primary N) is 1. The van der Waals surface area contributed by atoms with Gasteiger partial charge >= 0.3 is 0 Å². The Hall–Kier alpha value is -2.09. The summed E-state index contributed by atoms with van der Waals surface area (Å²) in [5.41, 5.74) is 2.17. The van der Waals surface area contributed by atoms with Crippen molar-refractivity contribution >= 4 is 21.4 Å². The number of primary sulfonamides is 1. The summed E-state index contributed by atoms with van der Waals surface area (Å²) in [6.45, 7) is 0. The minimum Gasteiger partial charge on any atom is -0.225 e. The van der Waals surface area contributed by atoms with Gasteiger partial charge in [0.05, 0.1) is 4.90 Å². The lowest BCUT2D eigenvalue weighted by Gasteiger charge is -2.06. The van der Waals surface area contributed by atoms with Crippen LogP contribution in [-0.2, 0) is 10.0 Å². The summed E-state index contributed by atoms with van der Waals surface area (Å²) < 4.78 is 49.8.